The molecule has 0 spiro atoms. The molecule has 0 saturated heterocycles. The van der Waals surface area contributed by atoms with E-state index in [0.717, 1.165) is 27.3 Å². The predicted octanol–water partition coefficient (Wildman–Crippen LogP) is 3.76. The van der Waals surface area contributed by atoms with Gasteiger partial charge in [0.2, 0.25) is 10.0 Å². The van der Waals surface area contributed by atoms with Crippen molar-refractivity contribution in [2.45, 2.75) is 19.6 Å². The van der Waals surface area contributed by atoms with Gasteiger partial charge in [-0.05, 0) is 31.0 Å². The number of aromatic nitrogens is 2. The number of hydrogen-bond acceptors (Lipinski definition) is 5. The maximum atomic E-state index is 12.4. The monoisotopic (exact) mass is 359 g/mol. The van der Waals surface area contributed by atoms with Gasteiger partial charge in [-0.15, -0.1) is 0 Å². The fourth-order valence-electron chi connectivity index (χ4n) is 2.35. The summed E-state index contributed by atoms with van der Waals surface area (Å²) < 4.78 is 27.4. The number of hydrogen-bond donors (Lipinski definition) is 1. The average molecular weight is 359 g/mol. The summed E-state index contributed by atoms with van der Waals surface area (Å²) in [7, 11) is -3.51. The summed E-state index contributed by atoms with van der Waals surface area (Å²) in [5.41, 5.74) is 3.44. The molecule has 1 aromatic carbocycles. The molecule has 3 rings (SSSR count). The summed E-state index contributed by atoms with van der Waals surface area (Å²) in [6, 6.07) is 11.2. The highest BCUT2D eigenvalue weighted by Crippen LogP contribution is 2.32. The van der Waals surface area contributed by atoms with Crippen molar-refractivity contribution in [1.29, 1.82) is 0 Å². The van der Waals surface area contributed by atoms with E-state index in [-0.39, 0.29) is 5.75 Å². The number of nitrogens with zero attached hydrogens (tertiary/aromatic N) is 2. The smallest absolute Gasteiger partial charge is 0.238 e. The van der Waals surface area contributed by atoms with Crippen LogP contribution >= 0.6 is 11.3 Å². The van der Waals surface area contributed by atoms with Crippen LogP contribution in [0.15, 0.2) is 48.8 Å². The van der Waals surface area contributed by atoms with Crippen molar-refractivity contribution in [3.63, 3.8) is 0 Å². The Balaban J connectivity index is 1.82. The van der Waals surface area contributed by atoms with E-state index in [2.05, 4.69) is 14.7 Å². The van der Waals surface area contributed by atoms with Crippen molar-refractivity contribution in [2.75, 3.05) is 4.72 Å². The maximum absolute atomic E-state index is 12.4. The zero-order chi connectivity index (χ0) is 17.2. The quantitative estimate of drug-likeness (QED) is 0.753. The van der Waals surface area contributed by atoms with Crippen molar-refractivity contribution < 1.29 is 8.42 Å². The standard InChI is InChI=1S/C17H17N3O2S2/c1-12-6-3-4-7-15(12)11-24(21,22)20-17-19-13(2)16(23-17)14-8-5-9-18-10-14/h3-10H,11H2,1-2H3,(H,19,20). The summed E-state index contributed by atoms with van der Waals surface area (Å²) in [5, 5.41) is 0.375. The Morgan fingerprint density at radius 3 is 2.62 bits per heavy atom. The first kappa shape index (κ1) is 16.6. The van der Waals surface area contributed by atoms with Crippen molar-refractivity contribution in [3.05, 3.63) is 65.6 Å². The Morgan fingerprint density at radius 2 is 1.92 bits per heavy atom. The highest BCUT2D eigenvalue weighted by Gasteiger charge is 2.17. The molecule has 1 N–H and O–H groups in total. The molecule has 24 heavy (non-hydrogen) atoms. The number of pyridine rings is 1. The number of anilines is 1. The molecule has 0 unspecified atom stereocenters. The Labute approximate surface area is 145 Å². The molecule has 5 nitrogen and oxygen atoms in total. The fraction of sp³-hybridized carbons (Fsp3) is 0.176. The molecular formula is C17H17N3O2S2. The lowest BCUT2D eigenvalue weighted by Crippen LogP contribution is -2.15. The van der Waals surface area contributed by atoms with E-state index in [0.29, 0.717) is 5.13 Å². The first-order valence-electron chi connectivity index (χ1n) is 7.37. The van der Waals surface area contributed by atoms with Crippen LogP contribution in [-0.2, 0) is 15.8 Å². The molecule has 2 heterocycles. The largest absolute Gasteiger partial charge is 0.264 e. The van der Waals surface area contributed by atoms with Crippen LogP contribution in [0.3, 0.4) is 0 Å². The fourth-order valence-corrected chi connectivity index (χ4v) is 4.82. The Bertz CT molecular complexity index is 951. The van der Waals surface area contributed by atoms with Crippen molar-refractivity contribution in [1.82, 2.24) is 9.97 Å². The topological polar surface area (TPSA) is 72.0 Å². The minimum Gasteiger partial charge on any atom is -0.264 e. The van der Waals surface area contributed by atoms with E-state index in [1.165, 1.54) is 11.3 Å². The van der Waals surface area contributed by atoms with Gasteiger partial charge in [0.1, 0.15) is 0 Å². The zero-order valence-corrected chi connectivity index (χ0v) is 15.0. The number of thiazole rings is 1. The van der Waals surface area contributed by atoms with Gasteiger partial charge in [-0.25, -0.2) is 13.4 Å². The molecular weight excluding hydrogens is 342 g/mol. The van der Waals surface area contributed by atoms with E-state index in [1.807, 2.05) is 50.2 Å². The van der Waals surface area contributed by atoms with Crippen LogP contribution in [0.25, 0.3) is 10.4 Å². The predicted molar refractivity (Wildman–Crippen MR) is 97.5 cm³/mol. The summed E-state index contributed by atoms with van der Waals surface area (Å²) in [6.07, 6.45) is 3.44. The van der Waals surface area contributed by atoms with Gasteiger partial charge in [-0.2, -0.15) is 0 Å². The minimum absolute atomic E-state index is 0.0689. The minimum atomic E-state index is -3.51. The van der Waals surface area contributed by atoms with E-state index >= 15 is 0 Å². The van der Waals surface area contributed by atoms with Crippen LogP contribution in [0.1, 0.15) is 16.8 Å². The molecule has 0 atom stereocenters. The van der Waals surface area contributed by atoms with Gasteiger partial charge in [0.05, 0.1) is 16.3 Å². The third-order valence-electron chi connectivity index (χ3n) is 3.57. The van der Waals surface area contributed by atoms with Crippen LogP contribution in [0.2, 0.25) is 0 Å². The van der Waals surface area contributed by atoms with Crippen molar-refractivity contribution >= 4 is 26.5 Å². The molecule has 2 aromatic heterocycles. The van der Waals surface area contributed by atoms with E-state index < -0.39 is 10.0 Å². The number of rotatable bonds is 5. The molecule has 124 valence electrons. The summed E-state index contributed by atoms with van der Waals surface area (Å²) in [4.78, 5) is 9.34. The number of sulfonamides is 1. The molecule has 7 heteroatoms. The van der Waals surface area contributed by atoms with Gasteiger partial charge < -0.3 is 0 Å². The average Bonchev–Trinajstić information content (AvgIpc) is 2.90. The Kier molecular flexibility index (Phi) is 4.64. The number of nitrogens with one attached hydrogen (secondary N) is 1. The number of aryl methyl sites for hydroxylation is 2. The molecule has 0 fully saturated rings. The van der Waals surface area contributed by atoms with Gasteiger partial charge >= 0.3 is 0 Å². The zero-order valence-electron chi connectivity index (χ0n) is 13.4. The van der Waals surface area contributed by atoms with E-state index in [1.54, 1.807) is 12.4 Å². The van der Waals surface area contributed by atoms with Crippen LogP contribution in [-0.4, -0.2) is 18.4 Å². The SMILES string of the molecule is Cc1ccccc1CS(=O)(=O)Nc1nc(C)c(-c2cccnc2)s1. The lowest BCUT2D eigenvalue weighted by molar-refractivity contribution is 0.600. The molecule has 3 aromatic rings. The van der Waals surface area contributed by atoms with Crippen LogP contribution in [0, 0.1) is 13.8 Å². The van der Waals surface area contributed by atoms with Crippen molar-refractivity contribution in [3.8, 4) is 10.4 Å². The van der Waals surface area contributed by atoms with Gasteiger partial charge in [0, 0.05) is 18.0 Å². The Hall–Kier alpha value is -2.25. The molecule has 0 aliphatic rings. The first-order valence-corrected chi connectivity index (χ1v) is 9.84. The molecule has 0 aliphatic carbocycles. The molecule has 0 amide bonds. The van der Waals surface area contributed by atoms with Crippen LogP contribution in [0.4, 0.5) is 5.13 Å². The third-order valence-corrected chi connectivity index (χ3v) is 6.02. The molecule has 0 saturated carbocycles. The van der Waals surface area contributed by atoms with Crippen molar-refractivity contribution in [2.24, 2.45) is 0 Å². The van der Waals surface area contributed by atoms with Gasteiger partial charge in [0.15, 0.2) is 5.13 Å². The Morgan fingerprint density at radius 1 is 1.12 bits per heavy atom. The lowest BCUT2D eigenvalue weighted by Gasteiger charge is -2.07. The summed E-state index contributed by atoms with van der Waals surface area (Å²) in [6.45, 7) is 3.76. The third kappa shape index (κ3) is 3.80. The summed E-state index contributed by atoms with van der Waals surface area (Å²) >= 11 is 1.31. The van der Waals surface area contributed by atoms with Crippen LogP contribution in [0.5, 0.6) is 0 Å². The van der Waals surface area contributed by atoms with Crippen LogP contribution < -0.4 is 4.72 Å². The second kappa shape index (κ2) is 6.70. The second-order valence-electron chi connectivity index (χ2n) is 5.46. The molecule has 0 bridgehead atoms. The first-order chi connectivity index (χ1) is 11.4. The second-order valence-corrected chi connectivity index (χ2v) is 8.18. The maximum Gasteiger partial charge on any atom is 0.238 e. The summed E-state index contributed by atoms with van der Waals surface area (Å²) in [5.74, 6) is -0.0689. The molecule has 0 radical (unpaired) electrons. The van der Waals surface area contributed by atoms with Gasteiger partial charge in [-0.1, -0.05) is 41.7 Å². The highest BCUT2D eigenvalue weighted by atomic mass is 32.2. The van der Waals surface area contributed by atoms with E-state index in [4.69, 9.17) is 0 Å². The van der Waals surface area contributed by atoms with E-state index in [9.17, 15) is 8.42 Å². The highest BCUT2D eigenvalue weighted by molar-refractivity contribution is 7.92. The molecule has 0 aliphatic heterocycles. The van der Waals surface area contributed by atoms with Gasteiger partial charge in [-0.3, -0.25) is 9.71 Å². The normalized spacial score (nSPS) is 11.4. The van der Waals surface area contributed by atoms with Gasteiger partial charge in [0.25, 0.3) is 0 Å². The number of benzene rings is 1. The lowest BCUT2D eigenvalue weighted by atomic mass is 10.1.